The summed E-state index contributed by atoms with van der Waals surface area (Å²) in [7, 11) is -7.95. The quantitative estimate of drug-likeness (QED) is 0.871. The lowest BCUT2D eigenvalue weighted by molar-refractivity contribution is 0.425. The van der Waals surface area contributed by atoms with Gasteiger partial charge in [-0.15, -0.1) is 4.48 Å². The topological polar surface area (TPSA) is 80.3 Å². The first-order chi connectivity index (χ1) is 9.38. The van der Waals surface area contributed by atoms with Crippen LogP contribution in [-0.4, -0.2) is 16.8 Å². The molecule has 20 heavy (non-hydrogen) atoms. The number of sulfonamides is 1. The van der Waals surface area contributed by atoms with Crippen LogP contribution in [0.25, 0.3) is 0 Å². The third kappa shape index (κ3) is 2.72. The number of nitrogens with one attached hydrogen (secondary N) is 1. The second-order valence-electron chi connectivity index (χ2n) is 3.87. The van der Waals surface area contributed by atoms with E-state index < -0.39 is 19.9 Å². The molecule has 0 spiro atoms. The van der Waals surface area contributed by atoms with E-state index in [2.05, 4.69) is 0 Å². The maximum absolute atomic E-state index is 12.2. The first kappa shape index (κ1) is 14.6. The molecule has 2 rings (SSSR count). The van der Waals surface area contributed by atoms with Crippen LogP contribution < -0.4 is 4.94 Å². The van der Waals surface area contributed by atoms with Crippen molar-refractivity contribution in [3.63, 3.8) is 0 Å². The van der Waals surface area contributed by atoms with Crippen LogP contribution >= 0.6 is 0 Å². The van der Waals surface area contributed by atoms with Crippen molar-refractivity contribution in [2.24, 2.45) is 0 Å². The van der Waals surface area contributed by atoms with Gasteiger partial charge in [0.1, 0.15) is 0 Å². The van der Waals surface area contributed by atoms with Crippen molar-refractivity contribution in [3.8, 4) is 0 Å². The van der Waals surface area contributed by atoms with Gasteiger partial charge in [0.15, 0.2) is 0 Å². The summed E-state index contributed by atoms with van der Waals surface area (Å²) >= 11 is 0. The molecule has 5 nitrogen and oxygen atoms in total. The summed E-state index contributed by atoms with van der Waals surface area (Å²) in [6.45, 7) is 0. The molecule has 0 radical (unpaired) electrons. The molecule has 0 fully saturated rings. The normalized spacial score (nSPS) is 12.2. The van der Waals surface area contributed by atoms with Crippen molar-refractivity contribution in [2.45, 2.75) is 14.7 Å². The van der Waals surface area contributed by atoms with Gasteiger partial charge in [0.05, 0.1) is 14.7 Å². The zero-order valence-electron chi connectivity index (χ0n) is 10.0. The average molecular weight is 315 g/mol. The number of halogens is 1. The van der Waals surface area contributed by atoms with Crippen LogP contribution in [0.3, 0.4) is 0 Å². The molecule has 0 saturated carbocycles. The predicted octanol–water partition coefficient (Wildman–Crippen LogP) is 1.68. The predicted molar refractivity (Wildman–Crippen MR) is 69.8 cm³/mol. The van der Waals surface area contributed by atoms with Crippen LogP contribution in [0.5, 0.6) is 0 Å². The molecule has 0 unspecified atom stereocenters. The minimum absolute atomic E-state index is 0.0680. The highest BCUT2D eigenvalue weighted by Crippen LogP contribution is 2.21. The highest BCUT2D eigenvalue weighted by molar-refractivity contribution is 7.91. The van der Waals surface area contributed by atoms with E-state index in [1.807, 2.05) is 0 Å². The van der Waals surface area contributed by atoms with E-state index in [1.165, 1.54) is 12.1 Å². The maximum Gasteiger partial charge on any atom is 0.266 e. The molecule has 0 aliphatic heterocycles. The average Bonchev–Trinajstić information content (AvgIpc) is 2.48. The minimum atomic E-state index is -4.24. The molecule has 1 N–H and O–H groups in total. The van der Waals surface area contributed by atoms with Gasteiger partial charge >= 0.3 is 0 Å². The van der Waals surface area contributed by atoms with Gasteiger partial charge < -0.3 is 0 Å². The smallest absolute Gasteiger partial charge is 0.219 e. The van der Waals surface area contributed by atoms with Crippen molar-refractivity contribution in [1.29, 1.82) is 0 Å². The maximum atomic E-state index is 12.2. The second-order valence-corrected chi connectivity index (χ2v) is 7.45. The Morgan fingerprint density at radius 2 is 1.15 bits per heavy atom. The summed E-state index contributed by atoms with van der Waals surface area (Å²) in [5, 5.41) is 0. The first-order valence-electron chi connectivity index (χ1n) is 5.40. The Labute approximate surface area is 116 Å². The highest BCUT2D eigenvalue weighted by Gasteiger charge is 2.19. The molecule has 0 heterocycles. The second kappa shape index (κ2) is 5.31. The van der Waals surface area contributed by atoms with E-state index >= 15 is 0 Å². The van der Waals surface area contributed by atoms with Gasteiger partial charge in [-0.25, -0.2) is 16.8 Å². The molecule has 2 aromatic rings. The van der Waals surface area contributed by atoms with Crippen molar-refractivity contribution >= 4 is 19.9 Å². The van der Waals surface area contributed by atoms with Crippen molar-refractivity contribution < 1.29 is 21.3 Å². The first-order valence-corrected chi connectivity index (χ1v) is 8.37. The lowest BCUT2D eigenvalue weighted by Gasteiger charge is -2.05. The van der Waals surface area contributed by atoms with E-state index in [0.29, 0.717) is 4.94 Å². The Hall–Kier alpha value is -1.77. The summed E-state index contributed by atoms with van der Waals surface area (Å²) in [6, 6.07) is 12.0. The number of sulfone groups is 1. The molecule has 0 aromatic heterocycles. The van der Waals surface area contributed by atoms with Gasteiger partial charge in [0, 0.05) is 0 Å². The van der Waals surface area contributed by atoms with E-state index in [-0.39, 0.29) is 14.7 Å². The van der Waals surface area contributed by atoms with Gasteiger partial charge in [-0.3, -0.25) is 0 Å². The zero-order valence-corrected chi connectivity index (χ0v) is 11.7. The van der Waals surface area contributed by atoms with Crippen LogP contribution in [0.1, 0.15) is 0 Å². The van der Waals surface area contributed by atoms with Crippen molar-refractivity contribution in [3.05, 3.63) is 54.6 Å². The lowest BCUT2D eigenvalue weighted by Crippen LogP contribution is -2.14. The molecular weight excluding hydrogens is 305 g/mol. The fourth-order valence-electron chi connectivity index (χ4n) is 1.58. The third-order valence-electron chi connectivity index (χ3n) is 2.60. The fraction of sp³-hybridized carbons (Fsp3) is 0. The van der Waals surface area contributed by atoms with Crippen molar-refractivity contribution in [2.75, 3.05) is 0 Å². The molecular formula is C12H10FNO4S2. The van der Waals surface area contributed by atoms with E-state index in [4.69, 9.17) is 0 Å². The number of hydrogen-bond acceptors (Lipinski definition) is 4. The van der Waals surface area contributed by atoms with Crippen LogP contribution in [-0.2, 0) is 19.9 Å². The van der Waals surface area contributed by atoms with E-state index in [0.717, 1.165) is 24.3 Å². The minimum Gasteiger partial charge on any atom is -0.219 e. The Morgan fingerprint density at radius 3 is 1.65 bits per heavy atom. The van der Waals surface area contributed by atoms with Gasteiger partial charge in [0.25, 0.3) is 10.0 Å². The van der Waals surface area contributed by atoms with Gasteiger partial charge in [-0.2, -0.15) is 0 Å². The third-order valence-corrected chi connectivity index (χ3v) is 5.48. The Bertz CT molecular complexity index is 800. The summed E-state index contributed by atoms with van der Waals surface area (Å²) < 4.78 is 58.9. The Kier molecular flexibility index (Phi) is 3.89. The Balaban J connectivity index is 2.46. The number of hydrogen-bond donors (Lipinski definition) is 1. The van der Waals surface area contributed by atoms with Gasteiger partial charge in [0.2, 0.25) is 9.84 Å². The molecule has 0 aliphatic carbocycles. The fourth-order valence-corrected chi connectivity index (χ4v) is 3.44. The van der Waals surface area contributed by atoms with E-state index in [9.17, 15) is 21.3 Å². The van der Waals surface area contributed by atoms with Crippen LogP contribution in [0.2, 0.25) is 0 Å². The van der Waals surface area contributed by atoms with E-state index in [1.54, 1.807) is 18.2 Å². The van der Waals surface area contributed by atoms with Gasteiger partial charge in [-0.05, 0) is 41.3 Å². The molecule has 0 amide bonds. The van der Waals surface area contributed by atoms with Gasteiger partial charge in [-0.1, -0.05) is 18.2 Å². The standard InChI is InChI=1S/C12H10FNO4S2/c13-14-20(17,18)12-8-6-11(7-9-12)19(15,16)10-4-2-1-3-5-10/h1-9,14H. The number of benzene rings is 2. The summed E-state index contributed by atoms with van der Waals surface area (Å²) in [5.41, 5.74) is 0. The van der Waals surface area contributed by atoms with Crippen LogP contribution in [0, 0.1) is 0 Å². The number of rotatable bonds is 4. The SMILES string of the molecule is O=S(=O)(NF)c1ccc(S(=O)(=O)c2ccccc2)cc1. The molecule has 0 atom stereocenters. The zero-order chi connectivity index (χ0) is 14.8. The Morgan fingerprint density at radius 1 is 0.700 bits per heavy atom. The van der Waals surface area contributed by atoms with Crippen LogP contribution in [0.4, 0.5) is 4.48 Å². The lowest BCUT2D eigenvalue weighted by atomic mass is 10.4. The monoisotopic (exact) mass is 315 g/mol. The highest BCUT2D eigenvalue weighted by atomic mass is 32.2. The molecule has 0 saturated heterocycles. The summed E-state index contributed by atoms with van der Waals surface area (Å²) in [4.78, 5) is 0.344. The van der Waals surface area contributed by atoms with Crippen LogP contribution in [0.15, 0.2) is 69.3 Å². The molecule has 0 bridgehead atoms. The summed E-state index contributed by atoms with van der Waals surface area (Å²) in [5.74, 6) is 0. The van der Waals surface area contributed by atoms with Crippen molar-refractivity contribution in [1.82, 2.24) is 4.94 Å². The molecule has 106 valence electrons. The molecule has 0 aliphatic rings. The molecule has 2 aromatic carbocycles. The largest absolute Gasteiger partial charge is 0.266 e. The summed E-state index contributed by atoms with van der Waals surface area (Å²) in [6.07, 6.45) is 0. The molecule has 8 heteroatoms.